The van der Waals surface area contributed by atoms with Crippen LogP contribution in [-0.2, 0) is 14.8 Å². The maximum absolute atomic E-state index is 12.8. The lowest BCUT2D eigenvalue weighted by Gasteiger charge is -2.31. The number of carboxylic acid groups (broad SMARTS) is 1. The Labute approximate surface area is 164 Å². The Balaban J connectivity index is 0.000000817. The van der Waals surface area contributed by atoms with Crippen LogP contribution in [0.4, 0.5) is 0 Å². The smallest absolute Gasteiger partial charge is 0.290 e. The molecule has 0 aliphatic carbocycles. The highest BCUT2D eigenvalue weighted by molar-refractivity contribution is 7.89. The van der Waals surface area contributed by atoms with Crippen molar-refractivity contribution in [3.8, 4) is 5.75 Å². The van der Waals surface area contributed by atoms with Gasteiger partial charge in [-0.2, -0.15) is 4.31 Å². The normalized spacial score (nSPS) is 15.5. The molecule has 0 spiro atoms. The molecule has 27 heavy (non-hydrogen) atoms. The van der Waals surface area contributed by atoms with E-state index in [9.17, 15) is 8.42 Å². The molecule has 2 aromatic carbocycles. The minimum Gasteiger partial charge on any atom is -0.497 e. The van der Waals surface area contributed by atoms with Crippen LogP contribution in [0, 0.1) is 0 Å². The van der Waals surface area contributed by atoms with Gasteiger partial charge in [0.25, 0.3) is 6.47 Å². The number of rotatable bonds is 4. The van der Waals surface area contributed by atoms with Crippen LogP contribution in [-0.4, -0.2) is 44.5 Å². The molecule has 0 bridgehead atoms. The number of nitrogens with zero attached hydrogens (tertiary/aromatic N) is 1. The first-order valence-electron chi connectivity index (χ1n) is 8.40. The summed E-state index contributed by atoms with van der Waals surface area (Å²) in [7, 11) is -1.90. The average molecular weight is 412 g/mol. The standard InChI is InChI=1S/C18H20ClNO3S.CH2O2/c1-23-15-6-8-16(9-7-15)24(21,22)20-12-10-14(11-13-20)17-4-2-3-5-18(17)19;2-1-3/h2-9,14H,10-13H2,1H3;1H,(H,2,3). The van der Waals surface area contributed by atoms with Crippen LogP contribution in [0.25, 0.3) is 0 Å². The van der Waals surface area contributed by atoms with Crippen LogP contribution in [0.5, 0.6) is 5.75 Å². The van der Waals surface area contributed by atoms with Crippen molar-refractivity contribution in [2.75, 3.05) is 20.2 Å². The van der Waals surface area contributed by atoms with Crippen LogP contribution >= 0.6 is 11.6 Å². The fraction of sp³-hybridized carbons (Fsp3) is 0.316. The summed E-state index contributed by atoms with van der Waals surface area (Å²) in [6.07, 6.45) is 1.55. The van der Waals surface area contributed by atoms with Gasteiger partial charge in [0.15, 0.2) is 0 Å². The van der Waals surface area contributed by atoms with Gasteiger partial charge in [-0.25, -0.2) is 8.42 Å². The lowest BCUT2D eigenvalue weighted by atomic mass is 9.90. The average Bonchev–Trinajstić information content (AvgIpc) is 2.69. The van der Waals surface area contributed by atoms with Gasteiger partial charge in [0.1, 0.15) is 5.75 Å². The molecule has 146 valence electrons. The number of halogens is 1. The van der Waals surface area contributed by atoms with E-state index in [2.05, 4.69) is 0 Å². The largest absolute Gasteiger partial charge is 0.497 e. The predicted molar refractivity (Wildman–Crippen MR) is 104 cm³/mol. The highest BCUT2D eigenvalue weighted by Gasteiger charge is 2.30. The second-order valence-corrected chi connectivity index (χ2v) is 8.33. The monoisotopic (exact) mass is 411 g/mol. The first kappa shape index (κ1) is 21.2. The first-order valence-corrected chi connectivity index (χ1v) is 10.2. The number of piperidine rings is 1. The Hall–Kier alpha value is -2.09. The molecule has 0 atom stereocenters. The van der Waals surface area contributed by atoms with E-state index in [1.807, 2.05) is 24.3 Å². The van der Waals surface area contributed by atoms with E-state index in [0.29, 0.717) is 29.7 Å². The summed E-state index contributed by atoms with van der Waals surface area (Å²) in [5, 5.41) is 7.65. The van der Waals surface area contributed by atoms with Gasteiger partial charge in [-0.05, 0) is 54.7 Å². The van der Waals surface area contributed by atoms with Crippen LogP contribution in [0.3, 0.4) is 0 Å². The van der Waals surface area contributed by atoms with Gasteiger partial charge in [-0.15, -0.1) is 0 Å². The van der Waals surface area contributed by atoms with Crippen LogP contribution in [0.15, 0.2) is 53.4 Å². The van der Waals surface area contributed by atoms with Crippen molar-refractivity contribution < 1.29 is 23.1 Å². The summed E-state index contributed by atoms with van der Waals surface area (Å²) in [5.41, 5.74) is 1.11. The van der Waals surface area contributed by atoms with Crippen molar-refractivity contribution in [3.05, 3.63) is 59.1 Å². The number of sulfonamides is 1. The molecule has 1 saturated heterocycles. The molecule has 0 amide bonds. The summed E-state index contributed by atoms with van der Waals surface area (Å²) < 4.78 is 32.2. The van der Waals surface area contributed by atoms with E-state index in [1.165, 1.54) is 0 Å². The van der Waals surface area contributed by atoms with Crippen molar-refractivity contribution in [2.45, 2.75) is 23.7 Å². The number of methoxy groups -OCH3 is 1. The van der Waals surface area contributed by atoms with Crippen LogP contribution in [0.2, 0.25) is 5.02 Å². The summed E-state index contributed by atoms with van der Waals surface area (Å²) in [4.78, 5) is 8.67. The highest BCUT2D eigenvalue weighted by Crippen LogP contribution is 2.34. The first-order chi connectivity index (χ1) is 12.9. The lowest BCUT2D eigenvalue weighted by Crippen LogP contribution is -2.37. The van der Waals surface area contributed by atoms with Gasteiger partial charge < -0.3 is 9.84 Å². The molecule has 3 rings (SSSR count). The molecule has 1 heterocycles. The molecule has 1 aliphatic heterocycles. The number of carbonyl (C=O) groups is 1. The van der Waals surface area contributed by atoms with E-state index < -0.39 is 10.0 Å². The minimum atomic E-state index is -3.46. The SMILES string of the molecule is COc1ccc(S(=O)(=O)N2CCC(c3ccccc3Cl)CC2)cc1.O=CO. The second-order valence-electron chi connectivity index (χ2n) is 5.98. The molecule has 0 aromatic heterocycles. The van der Waals surface area contributed by atoms with Crippen molar-refractivity contribution in [2.24, 2.45) is 0 Å². The molecule has 2 aromatic rings. The van der Waals surface area contributed by atoms with Crippen LogP contribution in [0.1, 0.15) is 24.3 Å². The zero-order valence-electron chi connectivity index (χ0n) is 14.9. The number of hydrogen-bond donors (Lipinski definition) is 1. The van der Waals surface area contributed by atoms with E-state index in [-0.39, 0.29) is 6.47 Å². The van der Waals surface area contributed by atoms with Gasteiger partial charge in [-0.1, -0.05) is 29.8 Å². The predicted octanol–water partition coefficient (Wildman–Crippen LogP) is 3.62. The van der Waals surface area contributed by atoms with Crippen molar-refractivity contribution in [3.63, 3.8) is 0 Å². The number of ether oxygens (including phenoxy) is 1. The summed E-state index contributed by atoms with van der Waals surface area (Å²) in [6, 6.07) is 14.3. The topological polar surface area (TPSA) is 83.9 Å². The third-order valence-electron chi connectivity index (χ3n) is 4.50. The van der Waals surface area contributed by atoms with Gasteiger partial charge in [-0.3, -0.25) is 4.79 Å². The molecule has 0 radical (unpaired) electrons. The molecular weight excluding hydrogens is 390 g/mol. The fourth-order valence-corrected chi connectivity index (χ4v) is 4.87. The summed E-state index contributed by atoms with van der Waals surface area (Å²) in [5.74, 6) is 0.951. The lowest BCUT2D eigenvalue weighted by molar-refractivity contribution is -0.122. The van der Waals surface area contributed by atoms with Crippen molar-refractivity contribution >= 4 is 28.1 Å². The Morgan fingerprint density at radius 2 is 1.67 bits per heavy atom. The Bertz CT molecular complexity index is 847. The zero-order chi connectivity index (χ0) is 19.9. The van der Waals surface area contributed by atoms with E-state index in [0.717, 1.165) is 23.4 Å². The van der Waals surface area contributed by atoms with Gasteiger partial charge in [0.2, 0.25) is 10.0 Å². The molecule has 1 aliphatic rings. The highest BCUT2D eigenvalue weighted by atomic mass is 35.5. The molecule has 6 nitrogen and oxygen atoms in total. The molecule has 8 heteroatoms. The molecule has 1 N–H and O–H groups in total. The third kappa shape index (κ3) is 5.22. The zero-order valence-corrected chi connectivity index (χ0v) is 16.5. The molecule has 1 fully saturated rings. The maximum Gasteiger partial charge on any atom is 0.290 e. The molecule has 0 saturated carbocycles. The Morgan fingerprint density at radius 3 is 2.19 bits per heavy atom. The van der Waals surface area contributed by atoms with E-state index >= 15 is 0 Å². The third-order valence-corrected chi connectivity index (χ3v) is 6.75. The molecular formula is C19H22ClNO5S. The van der Waals surface area contributed by atoms with Crippen molar-refractivity contribution in [1.29, 1.82) is 0 Å². The van der Waals surface area contributed by atoms with Crippen LogP contribution < -0.4 is 4.74 Å². The Kier molecular flexibility index (Phi) is 7.65. The Morgan fingerprint density at radius 1 is 1.11 bits per heavy atom. The fourth-order valence-electron chi connectivity index (χ4n) is 3.11. The number of hydrogen-bond acceptors (Lipinski definition) is 4. The van der Waals surface area contributed by atoms with Gasteiger partial charge >= 0.3 is 0 Å². The quantitative estimate of drug-likeness (QED) is 0.777. The van der Waals surface area contributed by atoms with E-state index in [4.69, 9.17) is 26.2 Å². The van der Waals surface area contributed by atoms with Gasteiger partial charge in [0.05, 0.1) is 12.0 Å². The molecule has 0 unspecified atom stereocenters. The summed E-state index contributed by atoms with van der Waals surface area (Å²) >= 11 is 6.26. The van der Waals surface area contributed by atoms with Crippen molar-refractivity contribution in [1.82, 2.24) is 4.31 Å². The maximum atomic E-state index is 12.8. The minimum absolute atomic E-state index is 0.250. The number of benzene rings is 2. The summed E-state index contributed by atoms with van der Waals surface area (Å²) in [6.45, 7) is 0.758. The second kappa shape index (κ2) is 9.73. The van der Waals surface area contributed by atoms with E-state index in [1.54, 1.807) is 35.7 Å². The van der Waals surface area contributed by atoms with Gasteiger partial charge in [0, 0.05) is 18.1 Å².